The summed E-state index contributed by atoms with van der Waals surface area (Å²) in [5, 5.41) is 10.1. The molecular formula is C132H112N6. The minimum Gasteiger partial charge on any atom is -0.310 e. The molecule has 2 spiro atoms. The molecule has 4 aliphatic rings. The van der Waals surface area contributed by atoms with Gasteiger partial charge in [0.1, 0.15) is 0 Å². The van der Waals surface area contributed by atoms with E-state index in [2.05, 4.69) is 502 Å². The number of hydrogen-bond donors (Lipinski definition) is 0. The zero-order valence-corrected chi connectivity index (χ0v) is 79.8. The van der Waals surface area contributed by atoms with E-state index in [1.165, 1.54) is 190 Å². The van der Waals surface area contributed by atoms with Crippen molar-refractivity contribution < 1.29 is 0 Å². The second kappa shape index (κ2) is 32.5. The third kappa shape index (κ3) is 12.7. The maximum Gasteiger partial charge on any atom is 0.0603 e. The number of hydrogen-bond acceptors (Lipinski definition) is 2. The lowest BCUT2D eigenvalue weighted by atomic mass is 9.46. The van der Waals surface area contributed by atoms with Crippen molar-refractivity contribution in [3.8, 4) is 67.3 Å². The molecule has 8 atom stereocenters. The van der Waals surface area contributed by atoms with Crippen molar-refractivity contribution in [3.63, 3.8) is 0 Å². The Kier molecular flexibility index (Phi) is 19.6. The zero-order chi connectivity index (χ0) is 92.6. The van der Waals surface area contributed by atoms with Crippen molar-refractivity contribution in [3.05, 3.63) is 446 Å². The van der Waals surface area contributed by atoms with Gasteiger partial charge in [-0.15, -0.1) is 0 Å². The number of aromatic nitrogens is 4. The van der Waals surface area contributed by atoms with Crippen molar-refractivity contribution >= 4 is 121 Å². The molecule has 22 aromatic rings. The van der Waals surface area contributed by atoms with Crippen molar-refractivity contribution in [1.82, 2.24) is 18.3 Å². The average molecular weight is 1780 g/mol. The molecule has 2 aliphatic heterocycles. The standard InChI is InChI=1S/C132H112N6/c1-84(2)74-97-77-86(5)76-87(6)131(97)111-51-19-28-60-122(111)137-120-58-26-17-49-109(120)126-124(72-70-113(131)128(126)137)133(99-66-62-89(63-67-99)93-37-31-42-102(79-93)135-116-54-22-13-45-105(116)106-46-14-23-55-117(106)135)101-41-33-39-95(81-101)92-36-30-40-96(78-92)130(8)82-88(7)132(98(83-130)75-85(3)4)112-52-20-29-61-123(112)138-121-59-27-18-50-110(121)127-125(73-71-114(132)129(127)138)134(115-53-21-12-44-104(115)91-34-10-9-11-35-91)100-68-64-90(65-69-100)94-38-32-43-103(80-94)136-118-56-24-15-47-107(118)108-48-16-25-57-119(108)136/h9-73,78-81,84-88,97-98H,74-77,82-83H2,1-8H3/t86-,87+,88+,97+,98+,130+,131?,132?/m1/s1. The summed E-state index contributed by atoms with van der Waals surface area (Å²) in [6, 6.07) is 160. The highest BCUT2D eigenvalue weighted by atomic mass is 15.2. The van der Waals surface area contributed by atoms with Crippen LogP contribution in [-0.2, 0) is 16.2 Å². The first-order valence-corrected chi connectivity index (χ1v) is 50.4. The number of nitrogens with zero attached hydrogens (tertiary/aromatic N) is 6. The molecule has 670 valence electrons. The smallest absolute Gasteiger partial charge is 0.0603 e. The van der Waals surface area contributed by atoms with Gasteiger partial charge < -0.3 is 28.1 Å². The zero-order valence-electron chi connectivity index (χ0n) is 79.8. The Labute approximate surface area is 809 Å². The van der Waals surface area contributed by atoms with Crippen LogP contribution in [0.15, 0.2) is 419 Å². The van der Waals surface area contributed by atoms with Gasteiger partial charge in [-0.3, -0.25) is 0 Å². The molecule has 2 aliphatic carbocycles. The van der Waals surface area contributed by atoms with E-state index in [1.807, 2.05) is 0 Å². The molecule has 0 bridgehead atoms. The van der Waals surface area contributed by atoms with Crippen LogP contribution in [0.3, 0.4) is 0 Å². The fourth-order valence-electron chi connectivity index (χ4n) is 27.8. The van der Waals surface area contributed by atoms with Gasteiger partial charge in [0.05, 0.1) is 72.6 Å². The Morgan fingerprint density at radius 2 is 0.681 bits per heavy atom. The Morgan fingerprint density at radius 1 is 0.283 bits per heavy atom. The third-order valence-electron chi connectivity index (χ3n) is 32.9. The molecule has 18 aromatic carbocycles. The van der Waals surface area contributed by atoms with Crippen LogP contribution in [0, 0.1) is 41.4 Å². The predicted molar refractivity (Wildman–Crippen MR) is 582 cm³/mol. The van der Waals surface area contributed by atoms with E-state index in [1.54, 1.807) is 0 Å². The molecule has 6 heteroatoms. The van der Waals surface area contributed by atoms with E-state index in [0.29, 0.717) is 29.6 Å². The van der Waals surface area contributed by atoms with Gasteiger partial charge in [0.25, 0.3) is 0 Å². The lowest BCUT2D eigenvalue weighted by Gasteiger charge is -2.58. The van der Waals surface area contributed by atoms with Crippen LogP contribution in [0.25, 0.3) is 154 Å². The number of rotatable bonds is 17. The predicted octanol–water partition coefficient (Wildman–Crippen LogP) is 35.7. The van der Waals surface area contributed by atoms with E-state index >= 15 is 0 Å². The van der Waals surface area contributed by atoms with E-state index in [4.69, 9.17) is 0 Å². The molecule has 0 radical (unpaired) electrons. The molecule has 6 nitrogen and oxygen atoms in total. The summed E-state index contributed by atoms with van der Waals surface area (Å²) in [6.07, 6.45) is 6.63. The Hall–Kier alpha value is -15.2. The molecule has 0 amide bonds. The molecule has 0 saturated heterocycles. The molecule has 0 N–H and O–H groups in total. The topological polar surface area (TPSA) is 26.2 Å². The number of benzene rings is 18. The quantitative estimate of drug-likeness (QED) is 0.0908. The van der Waals surface area contributed by atoms with Crippen LogP contribution in [0.2, 0.25) is 0 Å². The van der Waals surface area contributed by atoms with Crippen LogP contribution < -0.4 is 9.80 Å². The summed E-state index contributed by atoms with van der Waals surface area (Å²) in [6.45, 7) is 20.3. The summed E-state index contributed by atoms with van der Waals surface area (Å²) in [4.78, 5) is 5.21. The molecule has 2 unspecified atom stereocenters. The highest BCUT2D eigenvalue weighted by Crippen LogP contribution is 2.67. The van der Waals surface area contributed by atoms with Crippen molar-refractivity contribution in [2.45, 2.75) is 110 Å². The summed E-state index contributed by atoms with van der Waals surface area (Å²) in [5.74, 6) is 2.95. The fourth-order valence-corrected chi connectivity index (χ4v) is 27.8. The SMILES string of the molecule is CC(C)C[C@H]1C[C@H](C)C[C@H](C)C12c1ccccc1-n1c3ccccc3c3c(N(c4ccc(-c5cccc(-n6c7ccccc7c7ccccc76)c5)cc4)c4cccc(-c5cccc([C@]6(C)C[C@H](CC(C)C)C7(c8ccccc8-n8c9ccccc9c9c(N(c%10ccc(-c%11cccc(-n%12c%13ccccc%13c%13ccccc%13%12)c%11)cc%10)c%10ccccc%10-c%10ccccc%10)ccc7c98)[C@@H](C)C6)c5)c4)ccc2c31. The highest BCUT2D eigenvalue weighted by molar-refractivity contribution is 6.21. The molecular weight excluding hydrogens is 1670 g/mol. The van der Waals surface area contributed by atoms with Gasteiger partial charge in [-0.05, 0) is 280 Å². The van der Waals surface area contributed by atoms with Crippen LogP contribution in [0.4, 0.5) is 34.1 Å². The third-order valence-corrected chi connectivity index (χ3v) is 32.9. The molecule has 4 aromatic heterocycles. The second-order valence-corrected chi connectivity index (χ2v) is 41.8. The van der Waals surface area contributed by atoms with Gasteiger partial charge >= 0.3 is 0 Å². The summed E-state index contributed by atoms with van der Waals surface area (Å²) >= 11 is 0. The number of anilines is 6. The van der Waals surface area contributed by atoms with Crippen LogP contribution >= 0.6 is 0 Å². The van der Waals surface area contributed by atoms with Gasteiger partial charge in [0, 0.05) is 87.9 Å². The lowest BCUT2D eigenvalue weighted by Crippen LogP contribution is -2.53. The molecule has 6 heterocycles. The van der Waals surface area contributed by atoms with E-state index in [0.717, 1.165) is 64.6 Å². The lowest BCUT2D eigenvalue weighted by molar-refractivity contribution is 0.0763. The Balaban J connectivity index is 0.604. The first kappa shape index (κ1) is 83.4. The average Bonchev–Trinajstić information content (AvgIpc) is 1.45. The van der Waals surface area contributed by atoms with E-state index < -0.39 is 0 Å². The first-order chi connectivity index (χ1) is 67.7. The summed E-state index contributed by atoms with van der Waals surface area (Å²) < 4.78 is 10.2. The first-order valence-electron chi connectivity index (χ1n) is 50.4. The maximum absolute atomic E-state index is 2.68. The normalized spacial score (nSPS) is 19.4. The number of fused-ring (bicyclic) bond motifs is 20. The molecule has 26 rings (SSSR count). The van der Waals surface area contributed by atoms with Crippen LogP contribution in [-0.4, -0.2) is 18.3 Å². The largest absolute Gasteiger partial charge is 0.310 e. The van der Waals surface area contributed by atoms with Crippen molar-refractivity contribution in [2.75, 3.05) is 9.80 Å². The van der Waals surface area contributed by atoms with Crippen molar-refractivity contribution in [1.29, 1.82) is 0 Å². The van der Waals surface area contributed by atoms with Gasteiger partial charge in [-0.2, -0.15) is 0 Å². The fraction of sp³-hybridized carbons (Fsp3) is 0.182. The Bertz CT molecular complexity index is 8500. The van der Waals surface area contributed by atoms with Gasteiger partial charge in [-0.1, -0.05) is 347 Å². The minimum absolute atomic E-state index is 0.189. The molecule has 2 saturated carbocycles. The maximum atomic E-state index is 2.68. The molecule has 2 fully saturated rings. The highest BCUT2D eigenvalue weighted by Gasteiger charge is 2.58. The van der Waals surface area contributed by atoms with Crippen LogP contribution in [0.1, 0.15) is 122 Å². The summed E-state index contributed by atoms with van der Waals surface area (Å²) in [5.41, 5.74) is 37.6. The second-order valence-electron chi connectivity index (χ2n) is 41.8. The number of para-hydroxylation sites is 9. The summed E-state index contributed by atoms with van der Waals surface area (Å²) in [7, 11) is 0. The van der Waals surface area contributed by atoms with E-state index in [9.17, 15) is 0 Å². The van der Waals surface area contributed by atoms with Crippen molar-refractivity contribution in [2.24, 2.45) is 41.4 Å². The van der Waals surface area contributed by atoms with Gasteiger partial charge in [0.2, 0.25) is 0 Å². The van der Waals surface area contributed by atoms with Gasteiger partial charge in [-0.25, -0.2) is 0 Å². The minimum atomic E-state index is -0.365. The van der Waals surface area contributed by atoms with Gasteiger partial charge in [0.15, 0.2) is 0 Å². The Morgan fingerprint density at radius 3 is 1.20 bits per heavy atom. The van der Waals surface area contributed by atoms with Crippen LogP contribution in [0.5, 0.6) is 0 Å². The monoisotopic (exact) mass is 1780 g/mol. The molecule has 138 heavy (non-hydrogen) atoms. The van der Waals surface area contributed by atoms with E-state index in [-0.39, 0.29) is 28.1 Å².